The van der Waals surface area contributed by atoms with Gasteiger partial charge in [0.1, 0.15) is 5.75 Å². The molecular formula is C21H27N3O3. The molecular weight excluding hydrogens is 342 g/mol. The number of ether oxygens (including phenoxy) is 1. The molecule has 1 aromatic carbocycles. The highest BCUT2D eigenvalue weighted by Crippen LogP contribution is 2.34. The first-order chi connectivity index (χ1) is 13.1. The number of nitrogens with one attached hydrogen (secondary N) is 1. The first-order valence-electron chi connectivity index (χ1n) is 9.61. The number of hydrogen-bond acceptors (Lipinski definition) is 5. The summed E-state index contributed by atoms with van der Waals surface area (Å²) >= 11 is 0. The highest BCUT2D eigenvalue weighted by molar-refractivity contribution is 5.56. The van der Waals surface area contributed by atoms with Crippen molar-refractivity contribution in [2.24, 2.45) is 5.92 Å². The van der Waals surface area contributed by atoms with E-state index >= 15 is 0 Å². The second-order valence-electron chi connectivity index (χ2n) is 7.65. The van der Waals surface area contributed by atoms with Crippen LogP contribution in [0, 0.1) is 5.92 Å². The molecule has 27 heavy (non-hydrogen) atoms. The SMILES string of the molecule is COc1ccccc1NC[C@H](O)CN1C[C@@H]2C[C@@H](C1)c1cccc(=O)n1C2. The lowest BCUT2D eigenvalue weighted by atomic mass is 9.83. The number of aliphatic hydroxyl groups excluding tert-OH is 1. The molecule has 0 spiro atoms. The largest absolute Gasteiger partial charge is 0.495 e. The van der Waals surface area contributed by atoms with E-state index in [2.05, 4.69) is 16.3 Å². The van der Waals surface area contributed by atoms with E-state index in [9.17, 15) is 9.90 Å². The number of methoxy groups -OCH3 is 1. The van der Waals surface area contributed by atoms with E-state index in [0.29, 0.717) is 24.9 Å². The number of anilines is 1. The number of piperidine rings is 1. The summed E-state index contributed by atoms with van der Waals surface area (Å²) in [7, 11) is 1.65. The van der Waals surface area contributed by atoms with Gasteiger partial charge in [-0.3, -0.25) is 9.69 Å². The number of benzene rings is 1. The van der Waals surface area contributed by atoms with Gasteiger partial charge in [0.05, 0.1) is 18.9 Å². The minimum atomic E-state index is -0.466. The lowest BCUT2D eigenvalue weighted by Gasteiger charge is -2.43. The van der Waals surface area contributed by atoms with Gasteiger partial charge in [0.25, 0.3) is 5.56 Å². The fourth-order valence-corrected chi connectivity index (χ4v) is 4.53. The number of hydrogen-bond donors (Lipinski definition) is 2. The van der Waals surface area contributed by atoms with Crippen LogP contribution in [-0.2, 0) is 6.54 Å². The predicted molar refractivity (Wildman–Crippen MR) is 105 cm³/mol. The van der Waals surface area contributed by atoms with Crippen molar-refractivity contribution in [3.05, 3.63) is 58.5 Å². The minimum absolute atomic E-state index is 0.108. The quantitative estimate of drug-likeness (QED) is 0.812. The van der Waals surface area contributed by atoms with Crippen LogP contribution in [0.3, 0.4) is 0 Å². The van der Waals surface area contributed by atoms with Gasteiger partial charge in [-0.25, -0.2) is 0 Å². The van der Waals surface area contributed by atoms with Gasteiger partial charge in [-0.15, -0.1) is 0 Å². The first kappa shape index (κ1) is 18.1. The fourth-order valence-electron chi connectivity index (χ4n) is 4.53. The summed E-state index contributed by atoms with van der Waals surface area (Å²) in [6.07, 6.45) is 0.668. The van der Waals surface area contributed by atoms with Crippen molar-refractivity contribution in [1.82, 2.24) is 9.47 Å². The molecule has 144 valence electrons. The Bertz CT molecular complexity index is 851. The zero-order chi connectivity index (χ0) is 18.8. The van der Waals surface area contributed by atoms with Gasteiger partial charge in [-0.2, -0.15) is 0 Å². The van der Waals surface area contributed by atoms with E-state index in [0.717, 1.165) is 43.2 Å². The third-order valence-corrected chi connectivity index (χ3v) is 5.66. The molecule has 0 amide bonds. The Morgan fingerprint density at radius 3 is 2.89 bits per heavy atom. The van der Waals surface area contributed by atoms with Crippen LogP contribution in [0.1, 0.15) is 18.0 Å². The molecule has 0 aliphatic carbocycles. The molecule has 0 saturated carbocycles. The summed E-state index contributed by atoms with van der Waals surface area (Å²) in [4.78, 5) is 14.5. The molecule has 1 aromatic heterocycles. The summed E-state index contributed by atoms with van der Waals surface area (Å²) in [5.74, 6) is 1.63. The van der Waals surface area contributed by atoms with Crippen LogP contribution in [-0.4, -0.2) is 54.0 Å². The van der Waals surface area contributed by atoms with E-state index in [1.807, 2.05) is 34.9 Å². The number of aromatic nitrogens is 1. The topological polar surface area (TPSA) is 66.7 Å². The number of fused-ring (bicyclic) bond motifs is 4. The number of β-amino-alcohol motifs (C(OH)–C–C–N with tert-alkyl or cyclic N) is 1. The number of aliphatic hydroxyl groups is 1. The summed E-state index contributed by atoms with van der Waals surface area (Å²) in [5.41, 5.74) is 2.14. The molecule has 2 aromatic rings. The van der Waals surface area contributed by atoms with Crippen LogP contribution in [0.4, 0.5) is 5.69 Å². The van der Waals surface area contributed by atoms with Crippen LogP contribution in [0.2, 0.25) is 0 Å². The Hall–Kier alpha value is -2.31. The summed E-state index contributed by atoms with van der Waals surface area (Å²) in [6.45, 7) is 3.72. The fraction of sp³-hybridized carbons (Fsp3) is 0.476. The molecule has 2 bridgehead atoms. The smallest absolute Gasteiger partial charge is 0.250 e. The van der Waals surface area contributed by atoms with Crippen LogP contribution in [0.25, 0.3) is 0 Å². The van der Waals surface area contributed by atoms with Crippen molar-refractivity contribution in [2.45, 2.75) is 25.0 Å². The Balaban J connectivity index is 1.36. The standard InChI is InChI=1S/C21H27N3O3/c1-27-20-7-3-2-5-18(20)22-10-17(25)14-23-11-15-9-16(13-23)19-6-4-8-21(26)24(19)12-15/h2-8,15-17,22,25H,9-14H2,1H3/t15-,16-,17-/m0/s1. The predicted octanol–water partition coefficient (Wildman–Crippen LogP) is 1.75. The van der Waals surface area contributed by atoms with Gasteiger partial charge in [0, 0.05) is 50.4 Å². The number of rotatable bonds is 6. The third-order valence-electron chi connectivity index (χ3n) is 5.66. The molecule has 3 atom stereocenters. The van der Waals surface area contributed by atoms with E-state index in [1.54, 1.807) is 13.2 Å². The van der Waals surface area contributed by atoms with E-state index in [1.165, 1.54) is 0 Å². The number of likely N-dealkylation sites (tertiary alicyclic amines) is 1. The van der Waals surface area contributed by atoms with Gasteiger partial charge in [0.15, 0.2) is 0 Å². The zero-order valence-electron chi connectivity index (χ0n) is 15.7. The number of nitrogens with zero attached hydrogens (tertiary/aromatic N) is 2. The minimum Gasteiger partial charge on any atom is -0.495 e. The Labute approximate surface area is 159 Å². The summed E-state index contributed by atoms with van der Waals surface area (Å²) in [6, 6.07) is 13.3. The molecule has 0 unspecified atom stereocenters. The molecule has 3 heterocycles. The highest BCUT2D eigenvalue weighted by atomic mass is 16.5. The van der Waals surface area contributed by atoms with Crippen LogP contribution >= 0.6 is 0 Å². The number of para-hydroxylation sites is 2. The van der Waals surface area contributed by atoms with Crippen molar-refractivity contribution in [1.29, 1.82) is 0 Å². The Morgan fingerprint density at radius 1 is 1.19 bits per heavy atom. The van der Waals surface area contributed by atoms with Crippen LogP contribution in [0.15, 0.2) is 47.3 Å². The second-order valence-corrected chi connectivity index (χ2v) is 7.65. The first-order valence-corrected chi connectivity index (χ1v) is 9.61. The average molecular weight is 369 g/mol. The summed E-state index contributed by atoms with van der Waals surface area (Å²) in [5, 5.41) is 13.8. The molecule has 6 nitrogen and oxygen atoms in total. The lowest BCUT2D eigenvalue weighted by molar-refractivity contribution is 0.0676. The van der Waals surface area contributed by atoms with Crippen molar-refractivity contribution in [3.8, 4) is 5.75 Å². The molecule has 1 saturated heterocycles. The molecule has 2 N–H and O–H groups in total. The molecule has 2 aliphatic heterocycles. The lowest BCUT2D eigenvalue weighted by Crippen LogP contribution is -2.49. The van der Waals surface area contributed by atoms with Crippen molar-refractivity contribution in [2.75, 3.05) is 38.6 Å². The maximum absolute atomic E-state index is 12.1. The van der Waals surface area contributed by atoms with Gasteiger partial charge in [-0.05, 0) is 30.5 Å². The third kappa shape index (κ3) is 3.87. The van der Waals surface area contributed by atoms with Gasteiger partial charge in [0.2, 0.25) is 0 Å². The molecule has 4 rings (SSSR count). The van der Waals surface area contributed by atoms with Gasteiger partial charge < -0.3 is 19.7 Å². The Kier molecular flexibility index (Phi) is 5.18. The van der Waals surface area contributed by atoms with Gasteiger partial charge >= 0.3 is 0 Å². The van der Waals surface area contributed by atoms with Crippen molar-refractivity contribution < 1.29 is 9.84 Å². The molecule has 2 aliphatic rings. The summed E-state index contributed by atoms with van der Waals surface area (Å²) < 4.78 is 7.28. The monoisotopic (exact) mass is 369 g/mol. The normalized spacial score (nSPS) is 22.7. The number of pyridine rings is 1. The molecule has 1 fully saturated rings. The Morgan fingerprint density at radius 2 is 2.04 bits per heavy atom. The molecule has 0 radical (unpaired) electrons. The maximum Gasteiger partial charge on any atom is 0.250 e. The zero-order valence-corrected chi connectivity index (χ0v) is 15.7. The van der Waals surface area contributed by atoms with Crippen LogP contribution < -0.4 is 15.6 Å². The maximum atomic E-state index is 12.1. The van der Waals surface area contributed by atoms with Gasteiger partial charge in [-0.1, -0.05) is 18.2 Å². The van der Waals surface area contributed by atoms with E-state index in [4.69, 9.17) is 4.74 Å². The highest BCUT2D eigenvalue weighted by Gasteiger charge is 2.34. The van der Waals surface area contributed by atoms with E-state index in [-0.39, 0.29) is 5.56 Å². The average Bonchev–Trinajstić information content (AvgIpc) is 2.67. The second kappa shape index (κ2) is 7.74. The van der Waals surface area contributed by atoms with Crippen molar-refractivity contribution >= 4 is 5.69 Å². The molecule has 6 heteroatoms. The van der Waals surface area contributed by atoms with Crippen molar-refractivity contribution in [3.63, 3.8) is 0 Å². The van der Waals surface area contributed by atoms with E-state index < -0.39 is 6.10 Å². The van der Waals surface area contributed by atoms with Crippen LogP contribution in [0.5, 0.6) is 5.75 Å².